The maximum absolute atomic E-state index is 12.6. The van der Waals surface area contributed by atoms with E-state index in [2.05, 4.69) is 20.8 Å². The molecule has 0 radical (unpaired) electrons. The second-order valence-electron chi connectivity index (χ2n) is 7.95. The molecule has 12 heteroatoms. The van der Waals surface area contributed by atoms with Crippen LogP contribution in [-0.2, 0) is 22.6 Å². The molecule has 0 aliphatic carbocycles. The lowest BCUT2D eigenvalue weighted by Gasteiger charge is -2.09. The zero-order valence-electron chi connectivity index (χ0n) is 20.5. The van der Waals surface area contributed by atoms with Crippen molar-refractivity contribution in [2.24, 2.45) is 0 Å². The number of hydrogen-bond donors (Lipinski definition) is 2. The molecule has 3 aromatic rings. The summed E-state index contributed by atoms with van der Waals surface area (Å²) in [4.78, 5) is 37.1. The first-order valence-corrected chi connectivity index (χ1v) is 12.8. The van der Waals surface area contributed by atoms with Crippen LogP contribution in [-0.4, -0.2) is 51.7 Å². The first-order valence-electron chi connectivity index (χ1n) is 11.8. The Hall–Kier alpha value is -4.06. The predicted octanol–water partition coefficient (Wildman–Crippen LogP) is 3.25. The van der Waals surface area contributed by atoms with Gasteiger partial charge in [-0.15, -0.1) is 10.2 Å². The van der Waals surface area contributed by atoms with Crippen molar-refractivity contribution < 1.29 is 28.6 Å². The standard InChI is InChI=1S/C25H27N5O6S/c1-3-10-34-24(33)17-6-5-7-18(11-17)27-22(31)14-37-25-29-28-21(30(25)4-2)13-26-23(32)16-8-9-19-20(12-16)36-15-35-19/h5-9,11-12H,3-4,10,13-15H2,1-2H3,(H,26,32)(H,27,31). The number of nitrogens with one attached hydrogen (secondary N) is 2. The van der Waals surface area contributed by atoms with Gasteiger partial charge in [-0.25, -0.2) is 4.79 Å². The molecule has 2 heterocycles. The van der Waals surface area contributed by atoms with Crippen molar-refractivity contribution in [2.75, 3.05) is 24.5 Å². The Bertz CT molecular complexity index is 1290. The van der Waals surface area contributed by atoms with Crippen LogP contribution in [0, 0.1) is 0 Å². The Morgan fingerprint density at radius 3 is 2.70 bits per heavy atom. The van der Waals surface area contributed by atoms with Gasteiger partial charge in [-0.1, -0.05) is 24.8 Å². The molecular weight excluding hydrogens is 498 g/mol. The molecule has 2 N–H and O–H groups in total. The third kappa shape index (κ3) is 6.58. The first kappa shape index (κ1) is 26.0. The molecule has 4 rings (SSSR count). The highest BCUT2D eigenvalue weighted by molar-refractivity contribution is 7.99. The SMILES string of the molecule is CCCOC(=O)c1cccc(NC(=O)CSc2nnc(CNC(=O)c3ccc4c(c3)OCO4)n2CC)c1. The Morgan fingerprint density at radius 1 is 1.05 bits per heavy atom. The average Bonchev–Trinajstić information content (AvgIpc) is 3.55. The van der Waals surface area contributed by atoms with Crippen LogP contribution < -0.4 is 20.1 Å². The molecule has 1 aliphatic rings. The van der Waals surface area contributed by atoms with Crippen molar-refractivity contribution in [1.82, 2.24) is 20.1 Å². The molecule has 2 aromatic carbocycles. The van der Waals surface area contributed by atoms with Crippen LogP contribution in [0.3, 0.4) is 0 Å². The largest absolute Gasteiger partial charge is 0.462 e. The van der Waals surface area contributed by atoms with E-state index >= 15 is 0 Å². The number of esters is 1. The van der Waals surface area contributed by atoms with E-state index < -0.39 is 5.97 Å². The van der Waals surface area contributed by atoms with E-state index in [9.17, 15) is 14.4 Å². The van der Waals surface area contributed by atoms with Gasteiger partial charge in [0.2, 0.25) is 12.7 Å². The third-order valence-corrected chi connectivity index (χ3v) is 6.27. The highest BCUT2D eigenvalue weighted by Crippen LogP contribution is 2.32. The van der Waals surface area contributed by atoms with Crippen LogP contribution in [0.5, 0.6) is 11.5 Å². The number of ether oxygens (including phenoxy) is 3. The summed E-state index contributed by atoms with van der Waals surface area (Å²) in [5.41, 5.74) is 1.32. The van der Waals surface area contributed by atoms with Crippen LogP contribution in [0.4, 0.5) is 5.69 Å². The topological polar surface area (TPSA) is 134 Å². The minimum absolute atomic E-state index is 0.0895. The summed E-state index contributed by atoms with van der Waals surface area (Å²) in [6.07, 6.45) is 0.732. The summed E-state index contributed by atoms with van der Waals surface area (Å²) in [5.74, 6) is 0.830. The molecule has 2 amide bonds. The predicted molar refractivity (Wildman–Crippen MR) is 136 cm³/mol. The van der Waals surface area contributed by atoms with E-state index in [1.165, 1.54) is 11.8 Å². The normalized spacial score (nSPS) is 11.7. The highest BCUT2D eigenvalue weighted by atomic mass is 32.2. The molecule has 1 aliphatic heterocycles. The van der Waals surface area contributed by atoms with Gasteiger partial charge in [-0.2, -0.15) is 0 Å². The van der Waals surface area contributed by atoms with Gasteiger partial charge >= 0.3 is 5.97 Å². The molecule has 194 valence electrons. The molecule has 0 saturated carbocycles. The quantitative estimate of drug-likeness (QED) is 0.286. The average molecular weight is 526 g/mol. The van der Waals surface area contributed by atoms with Gasteiger partial charge in [-0.3, -0.25) is 9.59 Å². The molecular formula is C25H27N5O6S. The lowest BCUT2D eigenvalue weighted by atomic mass is 10.2. The van der Waals surface area contributed by atoms with Crippen LogP contribution >= 0.6 is 11.8 Å². The fourth-order valence-corrected chi connectivity index (χ4v) is 4.32. The maximum Gasteiger partial charge on any atom is 0.338 e. The van der Waals surface area contributed by atoms with Crippen LogP contribution in [0.2, 0.25) is 0 Å². The van der Waals surface area contributed by atoms with Crippen LogP contribution in [0.1, 0.15) is 46.8 Å². The fraction of sp³-hybridized carbons (Fsp3) is 0.320. The van der Waals surface area contributed by atoms with Gasteiger partial charge in [0, 0.05) is 17.8 Å². The molecule has 0 atom stereocenters. The third-order valence-electron chi connectivity index (χ3n) is 5.30. The second-order valence-corrected chi connectivity index (χ2v) is 8.89. The lowest BCUT2D eigenvalue weighted by Crippen LogP contribution is -2.24. The van der Waals surface area contributed by atoms with Crippen molar-refractivity contribution in [1.29, 1.82) is 0 Å². The summed E-state index contributed by atoms with van der Waals surface area (Å²) < 4.78 is 17.6. The van der Waals surface area contributed by atoms with E-state index in [0.717, 1.165) is 6.42 Å². The van der Waals surface area contributed by atoms with Gasteiger partial charge in [-0.05, 0) is 49.7 Å². The zero-order valence-corrected chi connectivity index (χ0v) is 21.3. The van der Waals surface area contributed by atoms with Gasteiger partial charge in [0.15, 0.2) is 22.5 Å². The number of carbonyl (C=O) groups is 3. The number of rotatable bonds is 11. The summed E-state index contributed by atoms with van der Waals surface area (Å²) in [6, 6.07) is 11.6. The monoisotopic (exact) mass is 525 g/mol. The van der Waals surface area contributed by atoms with Crippen molar-refractivity contribution >= 4 is 35.2 Å². The van der Waals surface area contributed by atoms with Gasteiger partial charge in [0.25, 0.3) is 5.91 Å². The molecule has 0 bridgehead atoms. The molecule has 0 unspecified atom stereocenters. The molecule has 37 heavy (non-hydrogen) atoms. The van der Waals surface area contributed by atoms with Crippen molar-refractivity contribution in [3.63, 3.8) is 0 Å². The number of amides is 2. The minimum atomic E-state index is -0.429. The highest BCUT2D eigenvalue weighted by Gasteiger charge is 2.18. The molecule has 0 spiro atoms. The zero-order chi connectivity index (χ0) is 26.2. The maximum atomic E-state index is 12.6. The number of fused-ring (bicyclic) bond motifs is 1. The molecule has 0 fully saturated rings. The summed E-state index contributed by atoms with van der Waals surface area (Å²) in [5, 5.41) is 14.5. The van der Waals surface area contributed by atoms with Crippen LogP contribution in [0.15, 0.2) is 47.6 Å². The summed E-state index contributed by atoms with van der Waals surface area (Å²) in [7, 11) is 0. The van der Waals surface area contributed by atoms with Crippen molar-refractivity contribution in [2.45, 2.75) is 38.5 Å². The van der Waals surface area contributed by atoms with E-state index in [-0.39, 0.29) is 30.9 Å². The fourth-order valence-electron chi connectivity index (χ4n) is 3.50. The van der Waals surface area contributed by atoms with Gasteiger partial charge < -0.3 is 29.4 Å². The first-order chi connectivity index (χ1) is 18.0. The molecule has 11 nitrogen and oxygen atoms in total. The van der Waals surface area contributed by atoms with E-state index in [1.807, 2.05) is 18.4 Å². The van der Waals surface area contributed by atoms with Crippen LogP contribution in [0.25, 0.3) is 0 Å². The van der Waals surface area contributed by atoms with Crippen molar-refractivity contribution in [3.05, 3.63) is 59.4 Å². The van der Waals surface area contributed by atoms with Gasteiger partial charge in [0.1, 0.15) is 0 Å². The Labute approximate surface area is 217 Å². The minimum Gasteiger partial charge on any atom is -0.462 e. The summed E-state index contributed by atoms with van der Waals surface area (Å²) >= 11 is 1.23. The Morgan fingerprint density at radius 2 is 1.89 bits per heavy atom. The number of hydrogen-bond acceptors (Lipinski definition) is 9. The van der Waals surface area contributed by atoms with E-state index in [4.69, 9.17) is 14.2 Å². The number of nitrogens with zero attached hydrogens (tertiary/aromatic N) is 3. The number of thioether (sulfide) groups is 1. The molecule has 1 aromatic heterocycles. The second kappa shape index (κ2) is 12.3. The molecule has 0 saturated heterocycles. The number of carbonyl (C=O) groups excluding carboxylic acids is 3. The number of benzene rings is 2. The lowest BCUT2D eigenvalue weighted by molar-refractivity contribution is -0.113. The summed E-state index contributed by atoms with van der Waals surface area (Å²) in [6.45, 7) is 5.06. The Balaban J connectivity index is 1.30. The van der Waals surface area contributed by atoms with E-state index in [1.54, 1.807) is 42.5 Å². The Kier molecular flexibility index (Phi) is 8.62. The number of aromatic nitrogens is 3. The van der Waals surface area contributed by atoms with Gasteiger partial charge in [0.05, 0.1) is 24.5 Å². The van der Waals surface area contributed by atoms with Crippen molar-refractivity contribution in [3.8, 4) is 11.5 Å². The van der Waals surface area contributed by atoms with E-state index in [0.29, 0.717) is 52.4 Å². The smallest absolute Gasteiger partial charge is 0.338 e. The number of anilines is 1.